The molecule has 0 aromatic heterocycles. The first-order valence-electron chi connectivity index (χ1n) is 6.51. The van der Waals surface area contributed by atoms with Gasteiger partial charge in [0, 0.05) is 13.2 Å². The van der Waals surface area contributed by atoms with Crippen molar-refractivity contribution in [3.63, 3.8) is 0 Å². The highest BCUT2D eigenvalue weighted by atomic mass is 35.5. The van der Waals surface area contributed by atoms with E-state index >= 15 is 0 Å². The van der Waals surface area contributed by atoms with E-state index in [1.807, 2.05) is 12.1 Å². The molecule has 0 saturated carbocycles. The number of piperidine rings is 1. The molecule has 0 spiro atoms. The SMILES string of the molecule is COC[C@H](NC1CCNCC1)c1ccc(F)cc1.Cl. The topological polar surface area (TPSA) is 33.3 Å². The van der Waals surface area contributed by atoms with E-state index in [-0.39, 0.29) is 24.3 Å². The van der Waals surface area contributed by atoms with E-state index in [4.69, 9.17) is 4.74 Å². The summed E-state index contributed by atoms with van der Waals surface area (Å²) < 4.78 is 18.2. The van der Waals surface area contributed by atoms with Crippen LogP contribution in [0.25, 0.3) is 0 Å². The first-order chi connectivity index (χ1) is 8.79. The summed E-state index contributed by atoms with van der Waals surface area (Å²) in [4.78, 5) is 0. The lowest BCUT2D eigenvalue weighted by Gasteiger charge is -2.29. The second-order valence-electron chi connectivity index (χ2n) is 4.75. The molecule has 1 aliphatic heterocycles. The van der Waals surface area contributed by atoms with Crippen LogP contribution in [-0.2, 0) is 4.74 Å². The molecule has 1 aromatic carbocycles. The molecular formula is C14H22ClFN2O. The van der Waals surface area contributed by atoms with Crippen LogP contribution < -0.4 is 10.6 Å². The molecule has 0 amide bonds. The van der Waals surface area contributed by atoms with Gasteiger partial charge in [0.25, 0.3) is 0 Å². The van der Waals surface area contributed by atoms with Gasteiger partial charge in [0.15, 0.2) is 0 Å². The predicted molar refractivity (Wildman–Crippen MR) is 77.3 cm³/mol. The molecule has 1 aromatic rings. The molecule has 108 valence electrons. The number of hydrogen-bond donors (Lipinski definition) is 2. The van der Waals surface area contributed by atoms with Gasteiger partial charge in [-0.25, -0.2) is 4.39 Å². The van der Waals surface area contributed by atoms with E-state index in [0.29, 0.717) is 12.6 Å². The normalized spacial score (nSPS) is 17.8. The maximum atomic E-state index is 12.9. The van der Waals surface area contributed by atoms with Crippen molar-refractivity contribution in [2.75, 3.05) is 26.8 Å². The zero-order chi connectivity index (χ0) is 12.8. The Balaban J connectivity index is 0.00000180. The smallest absolute Gasteiger partial charge is 0.123 e. The summed E-state index contributed by atoms with van der Waals surface area (Å²) in [5, 5.41) is 6.95. The molecule has 1 atom stereocenters. The third-order valence-electron chi connectivity index (χ3n) is 3.38. The van der Waals surface area contributed by atoms with Gasteiger partial charge in [0.1, 0.15) is 5.82 Å². The van der Waals surface area contributed by atoms with Crippen LogP contribution in [0.5, 0.6) is 0 Å². The van der Waals surface area contributed by atoms with Gasteiger partial charge in [-0.15, -0.1) is 12.4 Å². The summed E-state index contributed by atoms with van der Waals surface area (Å²) in [5.41, 5.74) is 1.08. The molecule has 19 heavy (non-hydrogen) atoms. The third-order valence-corrected chi connectivity index (χ3v) is 3.38. The molecule has 5 heteroatoms. The van der Waals surface area contributed by atoms with Crippen molar-refractivity contribution in [2.24, 2.45) is 0 Å². The maximum Gasteiger partial charge on any atom is 0.123 e. The number of ether oxygens (including phenoxy) is 1. The standard InChI is InChI=1S/C14H21FN2O.ClH/c1-18-10-14(11-2-4-12(15)5-3-11)17-13-6-8-16-9-7-13;/h2-5,13-14,16-17H,6-10H2,1H3;1H/t14-;/m0./s1. The van der Waals surface area contributed by atoms with Gasteiger partial charge in [-0.3, -0.25) is 0 Å². The molecule has 0 unspecified atom stereocenters. The molecule has 0 radical (unpaired) electrons. The van der Waals surface area contributed by atoms with Crippen LogP contribution in [0.4, 0.5) is 4.39 Å². The fourth-order valence-electron chi connectivity index (χ4n) is 2.38. The maximum absolute atomic E-state index is 12.9. The Morgan fingerprint density at radius 2 is 1.95 bits per heavy atom. The summed E-state index contributed by atoms with van der Waals surface area (Å²) >= 11 is 0. The molecule has 0 bridgehead atoms. The molecule has 2 rings (SSSR count). The van der Waals surface area contributed by atoms with Crippen LogP contribution in [0.2, 0.25) is 0 Å². The fourth-order valence-corrected chi connectivity index (χ4v) is 2.38. The van der Waals surface area contributed by atoms with Crippen LogP contribution in [0.1, 0.15) is 24.4 Å². The lowest BCUT2D eigenvalue weighted by molar-refractivity contribution is 0.157. The zero-order valence-electron chi connectivity index (χ0n) is 11.2. The molecule has 1 fully saturated rings. The Kier molecular flexibility index (Phi) is 7.31. The molecule has 0 aliphatic carbocycles. The first-order valence-corrected chi connectivity index (χ1v) is 6.51. The average Bonchev–Trinajstić information content (AvgIpc) is 2.40. The molecule has 1 heterocycles. The van der Waals surface area contributed by atoms with Gasteiger partial charge in [0.2, 0.25) is 0 Å². The van der Waals surface area contributed by atoms with E-state index in [2.05, 4.69) is 10.6 Å². The van der Waals surface area contributed by atoms with Crippen LogP contribution in [0, 0.1) is 5.82 Å². The molecule has 1 aliphatic rings. The van der Waals surface area contributed by atoms with Crippen molar-refractivity contribution in [3.05, 3.63) is 35.6 Å². The Bertz CT molecular complexity index is 355. The fraction of sp³-hybridized carbons (Fsp3) is 0.571. The molecule has 1 saturated heterocycles. The lowest BCUT2D eigenvalue weighted by atomic mass is 10.0. The number of benzene rings is 1. The van der Waals surface area contributed by atoms with Crippen molar-refractivity contribution in [1.82, 2.24) is 10.6 Å². The van der Waals surface area contributed by atoms with E-state index in [0.717, 1.165) is 31.5 Å². The quantitative estimate of drug-likeness (QED) is 0.872. The molecular weight excluding hydrogens is 267 g/mol. The summed E-state index contributed by atoms with van der Waals surface area (Å²) in [6.45, 7) is 2.72. The third kappa shape index (κ3) is 5.07. The molecule has 3 nitrogen and oxygen atoms in total. The van der Waals surface area contributed by atoms with Crippen LogP contribution in [0.3, 0.4) is 0 Å². The minimum atomic E-state index is -0.197. The van der Waals surface area contributed by atoms with Crippen molar-refractivity contribution >= 4 is 12.4 Å². The largest absolute Gasteiger partial charge is 0.383 e. The Labute approximate surface area is 120 Å². The van der Waals surface area contributed by atoms with Crippen molar-refractivity contribution in [3.8, 4) is 0 Å². The lowest BCUT2D eigenvalue weighted by Crippen LogP contribution is -2.42. The Hall–Kier alpha value is -0.680. The van der Waals surface area contributed by atoms with Crippen LogP contribution in [0.15, 0.2) is 24.3 Å². The number of rotatable bonds is 5. The van der Waals surface area contributed by atoms with Gasteiger partial charge in [-0.05, 0) is 43.6 Å². The number of hydrogen-bond acceptors (Lipinski definition) is 3. The van der Waals surface area contributed by atoms with Gasteiger partial charge in [-0.2, -0.15) is 0 Å². The highest BCUT2D eigenvalue weighted by molar-refractivity contribution is 5.85. The average molecular weight is 289 g/mol. The Morgan fingerprint density at radius 1 is 1.32 bits per heavy atom. The summed E-state index contributed by atoms with van der Waals surface area (Å²) in [7, 11) is 1.70. The summed E-state index contributed by atoms with van der Waals surface area (Å²) in [6.07, 6.45) is 2.25. The van der Waals surface area contributed by atoms with Gasteiger partial charge in [-0.1, -0.05) is 12.1 Å². The van der Waals surface area contributed by atoms with E-state index in [1.165, 1.54) is 12.1 Å². The summed E-state index contributed by atoms with van der Waals surface area (Å²) in [6, 6.07) is 7.31. The second kappa shape index (κ2) is 8.48. The first kappa shape index (κ1) is 16.4. The van der Waals surface area contributed by atoms with Crippen LogP contribution >= 0.6 is 12.4 Å². The van der Waals surface area contributed by atoms with Crippen LogP contribution in [-0.4, -0.2) is 32.8 Å². The minimum Gasteiger partial charge on any atom is -0.383 e. The Morgan fingerprint density at radius 3 is 2.53 bits per heavy atom. The highest BCUT2D eigenvalue weighted by Gasteiger charge is 2.18. The number of halogens is 2. The van der Waals surface area contributed by atoms with Crippen molar-refractivity contribution in [2.45, 2.75) is 24.9 Å². The zero-order valence-corrected chi connectivity index (χ0v) is 12.0. The number of methoxy groups -OCH3 is 1. The van der Waals surface area contributed by atoms with Crippen molar-refractivity contribution in [1.29, 1.82) is 0 Å². The van der Waals surface area contributed by atoms with E-state index in [1.54, 1.807) is 7.11 Å². The van der Waals surface area contributed by atoms with Gasteiger partial charge < -0.3 is 15.4 Å². The predicted octanol–water partition coefficient (Wildman–Crippen LogP) is 2.28. The van der Waals surface area contributed by atoms with Gasteiger partial charge >= 0.3 is 0 Å². The molecule has 2 N–H and O–H groups in total. The second-order valence-corrected chi connectivity index (χ2v) is 4.75. The highest BCUT2D eigenvalue weighted by Crippen LogP contribution is 2.17. The number of nitrogens with one attached hydrogen (secondary N) is 2. The summed E-state index contributed by atoms with van der Waals surface area (Å²) in [5.74, 6) is -0.197. The minimum absolute atomic E-state index is 0. The van der Waals surface area contributed by atoms with E-state index in [9.17, 15) is 4.39 Å². The van der Waals surface area contributed by atoms with Crippen molar-refractivity contribution < 1.29 is 9.13 Å². The monoisotopic (exact) mass is 288 g/mol. The van der Waals surface area contributed by atoms with E-state index < -0.39 is 0 Å². The van der Waals surface area contributed by atoms with Gasteiger partial charge in [0.05, 0.1) is 12.6 Å².